The number of anilines is 1. The molecule has 182 valence electrons. The van der Waals surface area contributed by atoms with E-state index in [2.05, 4.69) is 10.2 Å². The molecule has 4 heterocycles. The minimum atomic E-state index is -1.41. The molecule has 1 aromatic rings. The smallest absolute Gasteiger partial charge is 0.332 e. The van der Waals surface area contributed by atoms with E-state index in [4.69, 9.17) is 12.2 Å². The van der Waals surface area contributed by atoms with Gasteiger partial charge >= 0.3 is 6.03 Å². The van der Waals surface area contributed by atoms with Crippen molar-refractivity contribution in [3.05, 3.63) is 34.9 Å². The fourth-order valence-corrected chi connectivity index (χ4v) is 6.08. The first-order valence-corrected chi connectivity index (χ1v) is 11.9. The van der Waals surface area contributed by atoms with Crippen LogP contribution in [0.1, 0.15) is 30.9 Å². The van der Waals surface area contributed by atoms with Gasteiger partial charge in [0, 0.05) is 32.9 Å². The second-order valence-electron chi connectivity index (χ2n) is 9.27. The van der Waals surface area contributed by atoms with Gasteiger partial charge in [-0.2, -0.15) is 0 Å². The first kappa shape index (κ1) is 23.2. The SMILES string of the molecule is CCN1C(=O)/C(=C\c2ccc3c(c2)CC2(C(=O)N(C)C(=O)N(C)C2=O)[C@@H]2CCCN32)C(=O)NC1=S. The van der Waals surface area contributed by atoms with Crippen molar-refractivity contribution < 1.29 is 24.0 Å². The van der Waals surface area contributed by atoms with Crippen molar-refractivity contribution >= 4 is 58.8 Å². The quantitative estimate of drug-likeness (QED) is 0.281. The molecule has 3 saturated heterocycles. The number of likely N-dealkylation sites (N-methyl/N-ethyl adjacent to an activating group) is 1. The van der Waals surface area contributed by atoms with Gasteiger partial charge in [0.2, 0.25) is 11.8 Å². The van der Waals surface area contributed by atoms with Crippen LogP contribution in [-0.4, -0.2) is 82.7 Å². The van der Waals surface area contributed by atoms with Crippen LogP contribution in [0.5, 0.6) is 0 Å². The monoisotopic (exact) mass is 495 g/mol. The molecule has 5 rings (SSSR count). The van der Waals surface area contributed by atoms with Crippen molar-refractivity contribution in [2.75, 3.05) is 32.1 Å². The number of rotatable bonds is 2. The molecule has 1 spiro atoms. The zero-order valence-electron chi connectivity index (χ0n) is 19.7. The van der Waals surface area contributed by atoms with Crippen LogP contribution in [-0.2, 0) is 25.6 Å². The molecule has 35 heavy (non-hydrogen) atoms. The van der Waals surface area contributed by atoms with Crippen LogP contribution >= 0.6 is 12.2 Å². The topological polar surface area (TPSA) is 110 Å². The van der Waals surface area contributed by atoms with Crippen molar-refractivity contribution in [3.63, 3.8) is 0 Å². The number of amides is 6. The number of hydrogen-bond donors (Lipinski definition) is 1. The molecule has 1 aromatic carbocycles. The van der Waals surface area contributed by atoms with Gasteiger partial charge in [0.05, 0.1) is 6.04 Å². The van der Waals surface area contributed by atoms with Gasteiger partial charge in [0.25, 0.3) is 11.8 Å². The molecule has 3 fully saturated rings. The highest BCUT2D eigenvalue weighted by Gasteiger charge is 2.63. The third-order valence-electron chi connectivity index (χ3n) is 7.46. The fourth-order valence-electron chi connectivity index (χ4n) is 5.78. The van der Waals surface area contributed by atoms with Crippen LogP contribution in [0.15, 0.2) is 23.8 Å². The molecule has 0 radical (unpaired) electrons. The standard InChI is InChI=1S/C24H25N5O5S/c1-4-28-19(31)15(18(30)25-22(28)35)11-13-7-8-16-14(10-13)12-24(17-6-5-9-29(16)17)20(32)26(2)23(34)27(3)21(24)33/h7-8,10-11,17H,4-6,9,12H2,1-3H3,(H,25,30,35)/b15-11-/t17-/m0/s1. The van der Waals surface area contributed by atoms with E-state index < -0.39 is 35.1 Å². The minimum Gasteiger partial charge on any atom is -0.367 e. The van der Waals surface area contributed by atoms with Crippen molar-refractivity contribution in [2.24, 2.45) is 5.41 Å². The highest BCUT2D eigenvalue weighted by molar-refractivity contribution is 7.80. The lowest BCUT2D eigenvalue weighted by Gasteiger charge is -2.50. The molecule has 10 nitrogen and oxygen atoms in total. The Kier molecular flexibility index (Phi) is 5.28. The van der Waals surface area contributed by atoms with E-state index >= 15 is 0 Å². The maximum absolute atomic E-state index is 13.5. The molecular weight excluding hydrogens is 470 g/mol. The number of imide groups is 2. The summed E-state index contributed by atoms with van der Waals surface area (Å²) in [7, 11) is 2.81. The van der Waals surface area contributed by atoms with Crippen molar-refractivity contribution in [3.8, 4) is 0 Å². The van der Waals surface area contributed by atoms with E-state index in [0.717, 1.165) is 27.5 Å². The Morgan fingerprint density at radius 2 is 1.80 bits per heavy atom. The summed E-state index contributed by atoms with van der Waals surface area (Å²) in [6.07, 6.45) is 3.12. The summed E-state index contributed by atoms with van der Waals surface area (Å²) >= 11 is 5.08. The maximum atomic E-state index is 13.5. The Labute approximate surface area is 207 Å². The Balaban J connectivity index is 1.59. The van der Waals surface area contributed by atoms with E-state index in [0.29, 0.717) is 25.1 Å². The minimum absolute atomic E-state index is 0.0418. The summed E-state index contributed by atoms with van der Waals surface area (Å²) in [5.41, 5.74) is 0.809. The van der Waals surface area contributed by atoms with Gasteiger partial charge in [-0.05, 0) is 67.7 Å². The van der Waals surface area contributed by atoms with Gasteiger partial charge in [0.1, 0.15) is 5.57 Å². The molecule has 1 atom stereocenters. The number of barbiturate groups is 1. The van der Waals surface area contributed by atoms with Crippen molar-refractivity contribution in [1.82, 2.24) is 20.0 Å². The van der Waals surface area contributed by atoms with Crippen LogP contribution in [0.2, 0.25) is 0 Å². The Hall–Kier alpha value is -3.60. The summed E-state index contributed by atoms with van der Waals surface area (Å²) < 4.78 is 0. The Bertz CT molecular complexity index is 1230. The number of thiocarbonyl (C=S) groups is 1. The van der Waals surface area contributed by atoms with Crippen LogP contribution in [0.3, 0.4) is 0 Å². The lowest BCUT2D eigenvalue weighted by molar-refractivity contribution is -0.159. The average Bonchev–Trinajstić information content (AvgIpc) is 3.33. The van der Waals surface area contributed by atoms with Gasteiger partial charge in [-0.25, -0.2) is 4.79 Å². The van der Waals surface area contributed by atoms with Crippen LogP contribution in [0.25, 0.3) is 6.08 Å². The predicted octanol–water partition coefficient (Wildman–Crippen LogP) is 0.895. The Morgan fingerprint density at radius 3 is 2.46 bits per heavy atom. The third kappa shape index (κ3) is 3.14. The number of carbonyl (C=O) groups is 5. The number of fused-ring (bicyclic) bond motifs is 4. The van der Waals surface area contributed by atoms with Crippen LogP contribution in [0.4, 0.5) is 10.5 Å². The number of benzene rings is 1. The molecule has 0 unspecified atom stereocenters. The van der Waals surface area contributed by atoms with E-state index in [1.165, 1.54) is 25.1 Å². The summed E-state index contributed by atoms with van der Waals surface area (Å²) in [6.45, 7) is 2.77. The molecule has 6 amide bonds. The maximum Gasteiger partial charge on any atom is 0.332 e. The van der Waals surface area contributed by atoms with Gasteiger partial charge in [0.15, 0.2) is 10.5 Å². The summed E-state index contributed by atoms with van der Waals surface area (Å²) in [4.78, 5) is 70.2. The lowest BCUT2D eigenvalue weighted by Crippen LogP contribution is -2.70. The molecule has 0 aromatic heterocycles. The molecule has 0 saturated carbocycles. The second kappa shape index (κ2) is 7.98. The van der Waals surface area contributed by atoms with Gasteiger partial charge in [-0.3, -0.25) is 39.2 Å². The molecule has 4 aliphatic heterocycles. The zero-order valence-corrected chi connectivity index (χ0v) is 20.5. The van der Waals surface area contributed by atoms with Gasteiger partial charge in [-0.15, -0.1) is 0 Å². The predicted molar refractivity (Wildman–Crippen MR) is 130 cm³/mol. The molecule has 4 aliphatic rings. The summed E-state index contributed by atoms with van der Waals surface area (Å²) in [6, 6.07) is 4.53. The number of urea groups is 1. The van der Waals surface area contributed by atoms with Crippen molar-refractivity contribution in [1.29, 1.82) is 0 Å². The number of carbonyl (C=O) groups excluding carboxylic acids is 5. The van der Waals surface area contributed by atoms with Crippen molar-refractivity contribution in [2.45, 2.75) is 32.2 Å². The van der Waals surface area contributed by atoms with Crippen LogP contribution < -0.4 is 10.2 Å². The first-order valence-electron chi connectivity index (χ1n) is 11.5. The number of nitrogens with one attached hydrogen (secondary N) is 1. The number of hydrogen-bond acceptors (Lipinski definition) is 7. The fraction of sp³-hybridized carbons (Fsp3) is 0.417. The highest BCUT2D eigenvalue weighted by Crippen LogP contribution is 2.49. The first-order chi connectivity index (χ1) is 16.6. The highest BCUT2D eigenvalue weighted by atomic mass is 32.1. The Morgan fingerprint density at radius 1 is 1.11 bits per heavy atom. The number of nitrogens with zero attached hydrogens (tertiary/aromatic N) is 4. The van der Waals surface area contributed by atoms with Gasteiger partial charge in [-0.1, -0.05) is 6.07 Å². The van der Waals surface area contributed by atoms with E-state index in [9.17, 15) is 24.0 Å². The molecule has 1 N–H and O–H groups in total. The van der Waals surface area contributed by atoms with E-state index in [1.807, 2.05) is 12.1 Å². The summed E-state index contributed by atoms with van der Waals surface area (Å²) in [5, 5.41) is 2.61. The third-order valence-corrected chi connectivity index (χ3v) is 7.79. The molecule has 11 heteroatoms. The van der Waals surface area contributed by atoms with Crippen LogP contribution in [0, 0.1) is 5.41 Å². The zero-order chi connectivity index (χ0) is 25.2. The lowest BCUT2D eigenvalue weighted by atomic mass is 9.68. The average molecular weight is 496 g/mol. The second-order valence-corrected chi connectivity index (χ2v) is 9.65. The largest absolute Gasteiger partial charge is 0.367 e. The molecular formula is C24H25N5O5S. The normalized spacial score (nSPS) is 25.0. The molecule has 0 bridgehead atoms. The summed E-state index contributed by atoms with van der Waals surface area (Å²) in [5.74, 6) is -2.04. The van der Waals surface area contributed by atoms with Gasteiger partial charge < -0.3 is 4.90 Å². The van der Waals surface area contributed by atoms with E-state index in [1.54, 1.807) is 13.0 Å². The molecule has 0 aliphatic carbocycles. The van der Waals surface area contributed by atoms with E-state index in [-0.39, 0.29) is 23.1 Å².